The lowest BCUT2D eigenvalue weighted by Crippen LogP contribution is -2.06. The fourth-order valence-electron chi connectivity index (χ4n) is 1.59. The van der Waals surface area contributed by atoms with Crippen LogP contribution >= 0.6 is 11.3 Å². The van der Waals surface area contributed by atoms with Gasteiger partial charge in [-0.15, -0.1) is 11.3 Å². The first kappa shape index (κ1) is 11.9. The molecule has 2 rings (SSSR count). The molecule has 3 nitrogen and oxygen atoms in total. The van der Waals surface area contributed by atoms with E-state index in [1.165, 1.54) is 10.4 Å². The van der Waals surface area contributed by atoms with Crippen LogP contribution in [0.3, 0.4) is 0 Å². The Hall–Kier alpha value is -1.55. The zero-order chi connectivity index (χ0) is 12.4. The lowest BCUT2D eigenvalue weighted by Gasteiger charge is -2.13. The molecule has 1 unspecified atom stereocenters. The highest BCUT2D eigenvalue weighted by Gasteiger charge is 2.08. The number of nitrogens with two attached hydrogens (primary N) is 1. The summed E-state index contributed by atoms with van der Waals surface area (Å²) in [5, 5.41) is 4.38. The van der Waals surface area contributed by atoms with Crippen molar-refractivity contribution in [3.63, 3.8) is 0 Å². The maximum absolute atomic E-state index is 5.67. The van der Waals surface area contributed by atoms with Gasteiger partial charge in [-0.2, -0.15) is 0 Å². The van der Waals surface area contributed by atoms with E-state index in [-0.39, 0.29) is 6.04 Å². The molecule has 0 bridgehead atoms. The van der Waals surface area contributed by atoms with Crippen molar-refractivity contribution in [2.45, 2.75) is 26.8 Å². The van der Waals surface area contributed by atoms with E-state index in [1.807, 2.05) is 31.2 Å². The van der Waals surface area contributed by atoms with Crippen molar-refractivity contribution in [1.82, 2.24) is 4.98 Å². The molecule has 1 aromatic heterocycles. The number of thiazole rings is 1. The third-order valence-corrected chi connectivity index (χ3v) is 3.81. The molecule has 0 amide bonds. The lowest BCUT2D eigenvalue weighted by atomic mass is 10.1. The van der Waals surface area contributed by atoms with Gasteiger partial charge in [0.05, 0.1) is 11.7 Å². The molecule has 1 aromatic carbocycles. The summed E-state index contributed by atoms with van der Waals surface area (Å²) in [6.07, 6.45) is 0. The molecule has 17 heavy (non-hydrogen) atoms. The maximum atomic E-state index is 5.67. The number of hydrogen-bond acceptors (Lipinski definition) is 4. The van der Waals surface area contributed by atoms with Crippen molar-refractivity contribution in [1.29, 1.82) is 0 Å². The third kappa shape index (κ3) is 2.77. The van der Waals surface area contributed by atoms with Gasteiger partial charge in [-0.05, 0) is 38.5 Å². The third-order valence-electron chi connectivity index (χ3n) is 2.80. The fraction of sp³-hybridized carbons (Fsp3) is 0.308. The summed E-state index contributed by atoms with van der Waals surface area (Å²) in [4.78, 5) is 5.74. The van der Waals surface area contributed by atoms with Crippen molar-refractivity contribution in [2.75, 3.05) is 11.1 Å². The zero-order valence-electron chi connectivity index (χ0n) is 10.3. The van der Waals surface area contributed by atoms with Crippen LogP contribution in [0.15, 0.2) is 24.3 Å². The van der Waals surface area contributed by atoms with Gasteiger partial charge in [0.15, 0.2) is 5.13 Å². The Kier molecular flexibility index (Phi) is 3.33. The first-order valence-corrected chi connectivity index (χ1v) is 6.44. The Labute approximate surface area is 106 Å². The number of aryl methyl sites for hydroxylation is 2. The Morgan fingerprint density at radius 2 is 1.88 bits per heavy atom. The van der Waals surface area contributed by atoms with E-state index in [4.69, 9.17) is 5.73 Å². The van der Waals surface area contributed by atoms with Crippen LogP contribution in [-0.2, 0) is 0 Å². The summed E-state index contributed by atoms with van der Waals surface area (Å²) in [5.74, 6) is 0. The molecule has 0 spiro atoms. The number of benzene rings is 1. The van der Waals surface area contributed by atoms with Gasteiger partial charge in [0.25, 0.3) is 0 Å². The monoisotopic (exact) mass is 247 g/mol. The summed E-state index contributed by atoms with van der Waals surface area (Å²) >= 11 is 1.69. The van der Waals surface area contributed by atoms with Crippen molar-refractivity contribution in [3.8, 4) is 0 Å². The van der Waals surface area contributed by atoms with Crippen LogP contribution in [0.1, 0.15) is 29.1 Å². The van der Waals surface area contributed by atoms with Gasteiger partial charge in [-0.25, -0.2) is 4.98 Å². The summed E-state index contributed by atoms with van der Waals surface area (Å²) in [5.41, 5.74) is 8.78. The van der Waals surface area contributed by atoms with Gasteiger partial charge in [0.1, 0.15) is 0 Å². The number of aromatic nitrogens is 1. The fourth-order valence-corrected chi connectivity index (χ4v) is 2.49. The largest absolute Gasteiger partial charge is 0.399 e. The minimum absolute atomic E-state index is 0.237. The first-order valence-electron chi connectivity index (χ1n) is 5.62. The number of anilines is 2. The summed E-state index contributed by atoms with van der Waals surface area (Å²) < 4.78 is 0. The molecule has 0 radical (unpaired) electrons. The van der Waals surface area contributed by atoms with Gasteiger partial charge in [-0.3, -0.25) is 0 Å². The number of hydrogen-bond donors (Lipinski definition) is 2. The minimum atomic E-state index is 0.237. The predicted octanol–water partition coefficient (Wildman–Crippen LogP) is 3.52. The number of nitrogen functional groups attached to an aromatic ring is 1. The maximum Gasteiger partial charge on any atom is 0.183 e. The molecule has 0 aliphatic heterocycles. The second kappa shape index (κ2) is 4.75. The Morgan fingerprint density at radius 3 is 2.41 bits per heavy atom. The molecular formula is C13H17N3S. The standard InChI is InChI=1S/C13H17N3S/c1-8-10(3)17-13(15-8)16-9(2)11-4-6-12(14)7-5-11/h4-7,9H,14H2,1-3H3,(H,15,16). The smallest absolute Gasteiger partial charge is 0.183 e. The van der Waals surface area contributed by atoms with Gasteiger partial charge in [0.2, 0.25) is 0 Å². The van der Waals surface area contributed by atoms with E-state index in [2.05, 4.69) is 24.1 Å². The van der Waals surface area contributed by atoms with Crippen molar-refractivity contribution in [2.24, 2.45) is 0 Å². The summed E-state index contributed by atoms with van der Waals surface area (Å²) in [7, 11) is 0. The Bertz CT molecular complexity index is 482. The van der Waals surface area contributed by atoms with Crippen molar-refractivity contribution >= 4 is 22.2 Å². The van der Waals surface area contributed by atoms with Crippen LogP contribution in [0.4, 0.5) is 10.8 Å². The number of nitrogens with one attached hydrogen (secondary N) is 1. The average Bonchev–Trinajstić information content (AvgIpc) is 2.58. The molecule has 0 saturated heterocycles. The van der Waals surface area contributed by atoms with E-state index in [9.17, 15) is 0 Å². The summed E-state index contributed by atoms with van der Waals surface area (Å²) in [6, 6.07) is 8.17. The van der Waals surface area contributed by atoms with E-state index in [0.717, 1.165) is 16.5 Å². The van der Waals surface area contributed by atoms with Crippen LogP contribution in [0.5, 0.6) is 0 Å². The molecule has 0 fully saturated rings. The highest BCUT2D eigenvalue weighted by Crippen LogP contribution is 2.25. The predicted molar refractivity (Wildman–Crippen MR) is 74.5 cm³/mol. The van der Waals surface area contributed by atoms with Gasteiger partial charge in [-0.1, -0.05) is 12.1 Å². The molecule has 0 aliphatic rings. The van der Waals surface area contributed by atoms with E-state index >= 15 is 0 Å². The van der Waals surface area contributed by atoms with Gasteiger partial charge < -0.3 is 11.1 Å². The highest BCUT2D eigenvalue weighted by molar-refractivity contribution is 7.15. The molecule has 0 aliphatic carbocycles. The molecule has 4 heteroatoms. The second-order valence-corrected chi connectivity index (χ2v) is 5.40. The number of nitrogens with zero attached hydrogens (tertiary/aromatic N) is 1. The molecule has 2 aromatic rings. The van der Waals surface area contributed by atoms with Crippen molar-refractivity contribution < 1.29 is 0 Å². The Balaban J connectivity index is 2.11. The SMILES string of the molecule is Cc1nc(NC(C)c2ccc(N)cc2)sc1C. The van der Waals surface area contributed by atoms with Gasteiger partial charge >= 0.3 is 0 Å². The topological polar surface area (TPSA) is 50.9 Å². The quantitative estimate of drug-likeness (QED) is 0.816. The first-order chi connectivity index (χ1) is 8.06. The minimum Gasteiger partial charge on any atom is -0.399 e. The number of rotatable bonds is 3. The molecule has 90 valence electrons. The molecule has 1 atom stereocenters. The molecular weight excluding hydrogens is 230 g/mol. The van der Waals surface area contributed by atoms with Crippen LogP contribution < -0.4 is 11.1 Å². The van der Waals surface area contributed by atoms with E-state index in [0.29, 0.717) is 0 Å². The van der Waals surface area contributed by atoms with E-state index < -0.39 is 0 Å². The molecule has 1 heterocycles. The van der Waals surface area contributed by atoms with Crippen LogP contribution in [0, 0.1) is 13.8 Å². The summed E-state index contributed by atoms with van der Waals surface area (Å²) in [6.45, 7) is 6.24. The second-order valence-electron chi connectivity index (χ2n) is 4.19. The molecule has 3 N–H and O–H groups in total. The molecule has 0 saturated carbocycles. The highest BCUT2D eigenvalue weighted by atomic mass is 32.1. The van der Waals surface area contributed by atoms with E-state index in [1.54, 1.807) is 11.3 Å². The normalized spacial score (nSPS) is 12.4. The van der Waals surface area contributed by atoms with Gasteiger partial charge in [0, 0.05) is 10.6 Å². The lowest BCUT2D eigenvalue weighted by molar-refractivity contribution is 0.880. The Morgan fingerprint density at radius 1 is 1.24 bits per heavy atom. The van der Waals surface area contributed by atoms with Crippen LogP contribution in [0.25, 0.3) is 0 Å². The average molecular weight is 247 g/mol. The van der Waals surface area contributed by atoms with Crippen molar-refractivity contribution in [3.05, 3.63) is 40.4 Å². The van der Waals surface area contributed by atoms with Crippen LogP contribution in [0.2, 0.25) is 0 Å². The van der Waals surface area contributed by atoms with Crippen LogP contribution in [-0.4, -0.2) is 4.98 Å². The zero-order valence-corrected chi connectivity index (χ0v) is 11.1.